The minimum absolute atomic E-state index is 0.0265. The van der Waals surface area contributed by atoms with E-state index in [0.29, 0.717) is 11.8 Å². The van der Waals surface area contributed by atoms with E-state index in [4.69, 9.17) is 23.7 Å². The number of halogens is 1. The molecule has 1 unspecified atom stereocenters. The Balaban J connectivity index is 1.43. The first-order valence-electron chi connectivity index (χ1n) is 16.7. The topological polar surface area (TPSA) is 83.5 Å². The molecule has 0 aliphatic carbocycles. The summed E-state index contributed by atoms with van der Waals surface area (Å²) in [6.45, 7) is 2.27. The second kappa shape index (κ2) is 16.9. The van der Waals surface area contributed by atoms with E-state index in [9.17, 15) is 9.90 Å². The Labute approximate surface area is 292 Å². The van der Waals surface area contributed by atoms with Crippen LogP contribution >= 0.6 is 0 Å². The molecule has 1 saturated heterocycles. The van der Waals surface area contributed by atoms with Gasteiger partial charge in [0.15, 0.2) is 0 Å². The van der Waals surface area contributed by atoms with Crippen LogP contribution in [0.4, 0.5) is 4.39 Å². The molecule has 0 amide bonds. The van der Waals surface area contributed by atoms with Gasteiger partial charge in [0.05, 0.1) is 38.6 Å². The number of hydrogen-bond acceptors (Lipinski definition) is 7. The summed E-state index contributed by atoms with van der Waals surface area (Å²) in [5.74, 6) is -3.17. The van der Waals surface area contributed by atoms with Gasteiger partial charge < -0.3 is 28.8 Å². The second-order valence-electron chi connectivity index (χ2n) is 12.4. The van der Waals surface area contributed by atoms with Crippen LogP contribution in [0.5, 0.6) is 0 Å². The quantitative estimate of drug-likeness (QED) is 0.115. The fraction of sp³-hybridized carbons (Fsp3) is 0.262. The van der Waals surface area contributed by atoms with Crippen molar-refractivity contribution in [2.45, 2.75) is 63.6 Å². The van der Waals surface area contributed by atoms with Gasteiger partial charge >= 0.3 is 0 Å². The van der Waals surface area contributed by atoms with Crippen molar-refractivity contribution >= 4 is 6.29 Å². The molecule has 258 valence electrons. The van der Waals surface area contributed by atoms with Crippen molar-refractivity contribution < 1.29 is 38.0 Å². The highest BCUT2D eigenvalue weighted by Gasteiger charge is 2.58. The lowest BCUT2D eigenvalue weighted by Crippen LogP contribution is -2.66. The third-order valence-electron chi connectivity index (χ3n) is 8.81. The summed E-state index contributed by atoms with van der Waals surface area (Å²) in [4.78, 5) is 12.1. The first kappa shape index (κ1) is 35.3. The third kappa shape index (κ3) is 8.60. The van der Waals surface area contributed by atoms with Gasteiger partial charge in [0.25, 0.3) is 0 Å². The van der Waals surface area contributed by atoms with Crippen LogP contribution in [-0.4, -0.2) is 42.4 Å². The first-order chi connectivity index (χ1) is 24.4. The number of aryl methyl sites for hydroxylation is 1. The molecule has 1 fully saturated rings. The van der Waals surface area contributed by atoms with Crippen LogP contribution in [0.15, 0.2) is 133 Å². The molecule has 0 bridgehead atoms. The van der Waals surface area contributed by atoms with Gasteiger partial charge in [0.2, 0.25) is 5.79 Å². The van der Waals surface area contributed by atoms with E-state index in [1.54, 1.807) is 6.92 Å². The van der Waals surface area contributed by atoms with Crippen LogP contribution in [0.25, 0.3) is 0 Å². The largest absolute Gasteiger partial charge is 0.374 e. The predicted molar refractivity (Wildman–Crippen MR) is 186 cm³/mol. The molecule has 1 N–H and O–H groups in total. The predicted octanol–water partition coefficient (Wildman–Crippen LogP) is 7.46. The normalized spacial score (nSPS) is 21.9. The zero-order valence-corrected chi connectivity index (χ0v) is 27.9. The second-order valence-corrected chi connectivity index (χ2v) is 12.4. The summed E-state index contributed by atoms with van der Waals surface area (Å²) in [6, 6.07) is 40.9. The number of carbonyl (C=O) groups is 1. The molecule has 50 heavy (non-hydrogen) atoms. The highest BCUT2D eigenvalue weighted by molar-refractivity contribution is 5.77. The molecule has 0 spiro atoms. The number of rotatable bonds is 15. The minimum atomic E-state index is -2.42. The highest BCUT2D eigenvalue weighted by atomic mass is 19.1. The molecule has 8 heteroatoms. The average Bonchev–Trinajstić information content (AvgIpc) is 3.15. The van der Waals surface area contributed by atoms with E-state index in [2.05, 4.69) is 0 Å². The van der Waals surface area contributed by atoms with E-state index in [0.717, 1.165) is 22.3 Å². The first-order valence-corrected chi connectivity index (χ1v) is 16.7. The molecule has 5 aromatic carbocycles. The molecule has 5 atom stereocenters. The standard InChI is InChI=1S/C42H41FO7/c1-30-22-37(43)36(23-35(30)24-44)42(45)41(49-28-34-20-12-5-13-21-34)40(48-27-33-18-10-4-11-19-33)39(47-26-32-16-8-3-9-17-32)38(50-42)29-46-25-31-14-6-2-7-15-31/h2-24,38-41,45H,25-29H2,1H3/t38-,39-,40+,41-,42?/m1/s1. The van der Waals surface area contributed by atoms with E-state index < -0.39 is 36.0 Å². The van der Waals surface area contributed by atoms with Crippen LogP contribution < -0.4 is 0 Å². The van der Waals surface area contributed by atoms with Crippen molar-refractivity contribution in [1.29, 1.82) is 0 Å². The van der Waals surface area contributed by atoms with Crippen molar-refractivity contribution in [1.82, 2.24) is 0 Å². The van der Waals surface area contributed by atoms with E-state index in [1.165, 1.54) is 12.1 Å². The third-order valence-corrected chi connectivity index (χ3v) is 8.81. The molecule has 0 aromatic heterocycles. The van der Waals surface area contributed by atoms with Crippen LogP contribution in [0, 0.1) is 12.7 Å². The summed E-state index contributed by atoms with van der Waals surface area (Å²) in [5, 5.41) is 12.7. The maximum Gasteiger partial charge on any atom is 0.225 e. The van der Waals surface area contributed by atoms with Crippen molar-refractivity contribution in [3.05, 3.63) is 178 Å². The van der Waals surface area contributed by atoms with Crippen molar-refractivity contribution in [3.8, 4) is 0 Å². The molecular formula is C42H41FO7. The van der Waals surface area contributed by atoms with E-state index in [-0.39, 0.29) is 44.2 Å². The number of aldehydes is 1. The Morgan fingerprint density at radius 3 is 1.64 bits per heavy atom. The van der Waals surface area contributed by atoms with Crippen LogP contribution in [0.1, 0.15) is 43.7 Å². The molecule has 1 heterocycles. The highest BCUT2D eigenvalue weighted by Crippen LogP contribution is 2.43. The summed E-state index contributed by atoms with van der Waals surface area (Å²) >= 11 is 0. The maximum atomic E-state index is 16.1. The SMILES string of the molecule is Cc1cc(F)c(C2(O)O[C@H](COCc3ccccc3)[C@@H](OCc3ccccc3)[C@H](OCc3ccccc3)[C@H]2OCc2ccccc2)cc1C=O. The lowest BCUT2D eigenvalue weighted by molar-refractivity contribution is -0.379. The molecule has 0 saturated carbocycles. The van der Waals surface area contributed by atoms with Gasteiger partial charge in [0, 0.05) is 5.56 Å². The fourth-order valence-corrected chi connectivity index (χ4v) is 6.16. The lowest BCUT2D eigenvalue weighted by Gasteiger charge is -2.50. The van der Waals surface area contributed by atoms with Gasteiger partial charge in [-0.25, -0.2) is 4.39 Å². The Morgan fingerprint density at radius 2 is 1.14 bits per heavy atom. The molecule has 5 aromatic rings. The fourth-order valence-electron chi connectivity index (χ4n) is 6.16. The number of benzene rings is 5. The van der Waals surface area contributed by atoms with Gasteiger partial charge in [-0.15, -0.1) is 0 Å². The molecule has 1 aliphatic rings. The van der Waals surface area contributed by atoms with Gasteiger partial charge in [-0.2, -0.15) is 0 Å². The minimum Gasteiger partial charge on any atom is -0.374 e. The Morgan fingerprint density at radius 1 is 0.680 bits per heavy atom. The molecular weight excluding hydrogens is 635 g/mol. The van der Waals surface area contributed by atoms with E-state index in [1.807, 2.05) is 121 Å². The Kier molecular flexibility index (Phi) is 11.9. The lowest BCUT2D eigenvalue weighted by atomic mass is 9.86. The van der Waals surface area contributed by atoms with Gasteiger partial charge in [-0.05, 0) is 46.9 Å². The molecule has 7 nitrogen and oxygen atoms in total. The summed E-state index contributed by atoms with van der Waals surface area (Å²) < 4.78 is 48.6. The van der Waals surface area contributed by atoms with Crippen molar-refractivity contribution in [2.24, 2.45) is 0 Å². The van der Waals surface area contributed by atoms with Gasteiger partial charge in [0.1, 0.15) is 36.5 Å². The zero-order valence-electron chi connectivity index (χ0n) is 27.9. The summed E-state index contributed by atoms with van der Waals surface area (Å²) in [5.41, 5.74) is 3.96. The number of hydrogen-bond donors (Lipinski definition) is 1. The molecule has 1 aliphatic heterocycles. The zero-order chi connectivity index (χ0) is 34.8. The summed E-state index contributed by atoms with van der Waals surface area (Å²) in [7, 11) is 0. The van der Waals surface area contributed by atoms with Crippen LogP contribution in [0.2, 0.25) is 0 Å². The maximum absolute atomic E-state index is 16.1. The van der Waals surface area contributed by atoms with E-state index >= 15 is 4.39 Å². The number of ether oxygens (including phenoxy) is 5. The smallest absolute Gasteiger partial charge is 0.225 e. The Hall–Kier alpha value is -4.54. The number of aliphatic hydroxyl groups is 1. The van der Waals surface area contributed by atoms with Crippen molar-refractivity contribution in [3.63, 3.8) is 0 Å². The number of carbonyl (C=O) groups excluding carboxylic acids is 1. The molecule has 0 radical (unpaired) electrons. The molecule has 6 rings (SSSR count). The summed E-state index contributed by atoms with van der Waals surface area (Å²) in [6.07, 6.45) is -3.47. The monoisotopic (exact) mass is 676 g/mol. The Bertz CT molecular complexity index is 1790. The van der Waals surface area contributed by atoms with Crippen molar-refractivity contribution in [2.75, 3.05) is 6.61 Å². The van der Waals surface area contributed by atoms with Crippen LogP contribution in [-0.2, 0) is 55.9 Å². The van der Waals surface area contributed by atoms with Crippen LogP contribution in [0.3, 0.4) is 0 Å². The average molecular weight is 677 g/mol. The van der Waals surface area contributed by atoms with Gasteiger partial charge in [-0.3, -0.25) is 4.79 Å². The van der Waals surface area contributed by atoms with Gasteiger partial charge in [-0.1, -0.05) is 121 Å².